The highest BCUT2D eigenvalue weighted by molar-refractivity contribution is 6.16. The lowest BCUT2D eigenvalue weighted by atomic mass is 9.94. The van der Waals surface area contributed by atoms with E-state index in [2.05, 4.69) is 48.7 Å². The molecule has 0 atom stereocenters. The second-order valence-electron chi connectivity index (χ2n) is 8.97. The van der Waals surface area contributed by atoms with Crippen molar-refractivity contribution in [2.45, 2.75) is 65.8 Å². The van der Waals surface area contributed by atoms with E-state index in [1.54, 1.807) is 0 Å². The van der Waals surface area contributed by atoms with Crippen LogP contribution in [0, 0.1) is 20.8 Å². The lowest BCUT2D eigenvalue weighted by Crippen LogP contribution is -2.37. The Hall–Kier alpha value is -3.08. The summed E-state index contributed by atoms with van der Waals surface area (Å²) >= 11 is 0. The molecule has 0 spiro atoms. The van der Waals surface area contributed by atoms with Gasteiger partial charge in [-0.3, -0.25) is 4.79 Å². The Morgan fingerprint density at radius 3 is 2.31 bits per heavy atom. The SMILES string of the molecule is COC(=O)C1=C(C)N(C2CCCCC2)C(=O)/C1=C\c1cc(C)n(-c2ccc(C)cc2)c1C. The van der Waals surface area contributed by atoms with Crippen LogP contribution in [-0.2, 0) is 14.3 Å². The van der Waals surface area contributed by atoms with Gasteiger partial charge in [-0.05, 0) is 70.4 Å². The number of amides is 1. The third kappa shape index (κ3) is 3.81. The van der Waals surface area contributed by atoms with Gasteiger partial charge in [0.2, 0.25) is 0 Å². The molecule has 4 rings (SSSR count). The molecule has 32 heavy (non-hydrogen) atoms. The summed E-state index contributed by atoms with van der Waals surface area (Å²) in [4.78, 5) is 28.1. The molecule has 0 unspecified atom stereocenters. The molecule has 2 heterocycles. The van der Waals surface area contributed by atoms with Gasteiger partial charge in [0.1, 0.15) is 0 Å². The Labute approximate surface area is 190 Å². The van der Waals surface area contributed by atoms with Crippen molar-refractivity contribution < 1.29 is 14.3 Å². The summed E-state index contributed by atoms with van der Waals surface area (Å²) in [6.07, 6.45) is 7.27. The molecule has 2 aromatic rings. The van der Waals surface area contributed by atoms with Crippen molar-refractivity contribution in [3.8, 4) is 5.69 Å². The number of methoxy groups -OCH3 is 1. The van der Waals surface area contributed by atoms with Crippen molar-refractivity contribution in [3.05, 3.63) is 69.7 Å². The Bertz CT molecular complexity index is 1110. The highest BCUT2D eigenvalue weighted by Gasteiger charge is 2.40. The Morgan fingerprint density at radius 1 is 1.03 bits per heavy atom. The van der Waals surface area contributed by atoms with E-state index in [9.17, 15) is 9.59 Å². The quantitative estimate of drug-likeness (QED) is 0.480. The fraction of sp³-hybridized carbons (Fsp3) is 0.407. The molecule has 2 aliphatic rings. The molecule has 168 valence electrons. The predicted molar refractivity (Wildman–Crippen MR) is 126 cm³/mol. The summed E-state index contributed by atoms with van der Waals surface area (Å²) in [5, 5.41) is 0. The van der Waals surface area contributed by atoms with Crippen molar-refractivity contribution in [2.24, 2.45) is 0 Å². The third-order valence-corrected chi connectivity index (χ3v) is 6.83. The first-order valence-electron chi connectivity index (χ1n) is 11.4. The summed E-state index contributed by atoms with van der Waals surface area (Å²) < 4.78 is 7.25. The fourth-order valence-electron chi connectivity index (χ4n) is 5.16. The van der Waals surface area contributed by atoms with Crippen molar-refractivity contribution >= 4 is 18.0 Å². The van der Waals surface area contributed by atoms with Gasteiger partial charge in [0.05, 0.1) is 18.3 Å². The lowest BCUT2D eigenvalue weighted by molar-refractivity contribution is -0.136. The second kappa shape index (κ2) is 8.81. The van der Waals surface area contributed by atoms with Crippen LogP contribution < -0.4 is 0 Å². The minimum absolute atomic E-state index is 0.0880. The molecular formula is C27H32N2O3. The van der Waals surface area contributed by atoms with Gasteiger partial charge in [-0.15, -0.1) is 0 Å². The number of ether oxygens (including phenoxy) is 1. The zero-order valence-electron chi connectivity index (χ0n) is 19.7. The molecule has 1 fully saturated rings. The molecule has 1 amide bonds. The van der Waals surface area contributed by atoms with Crippen LogP contribution in [0.1, 0.15) is 61.5 Å². The van der Waals surface area contributed by atoms with Crippen LogP contribution in [0.15, 0.2) is 47.2 Å². The Balaban J connectivity index is 1.78. The smallest absolute Gasteiger partial charge is 0.340 e. The zero-order chi connectivity index (χ0) is 23.0. The minimum atomic E-state index is -0.451. The lowest BCUT2D eigenvalue weighted by Gasteiger charge is -2.32. The van der Waals surface area contributed by atoms with Crippen LogP contribution in [0.4, 0.5) is 0 Å². The van der Waals surface area contributed by atoms with E-state index in [-0.39, 0.29) is 11.9 Å². The van der Waals surface area contributed by atoms with Gasteiger partial charge < -0.3 is 14.2 Å². The standard InChI is InChI=1S/C27H32N2O3/c1-17-11-13-23(14-12-17)28-18(2)15-21(19(28)3)16-24-25(27(31)32-5)20(4)29(26(24)30)22-9-7-6-8-10-22/h11-16,22H,6-10H2,1-5H3/b24-16-. The van der Waals surface area contributed by atoms with Crippen LogP contribution >= 0.6 is 0 Å². The predicted octanol–water partition coefficient (Wildman–Crippen LogP) is 5.41. The zero-order valence-corrected chi connectivity index (χ0v) is 19.7. The number of esters is 1. The van der Waals surface area contributed by atoms with E-state index in [0.717, 1.165) is 48.3 Å². The molecular weight excluding hydrogens is 400 g/mol. The monoisotopic (exact) mass is 432 g/mol. The van der Waals surface area contributed by atoms with Gasteiger partial charge in [0, 0.05) is 28.8 Å². The van der Waals surface area contributed by atoms with E-state index < -0.39 is 5.97 Å². The largest absolute Gasteiger partial charge is 0.465 e. The van der Waals surface area contributed by atoms with Gasteiger partial charge in [-0.1, -0.05) is 37.0 Å². The Kier molecular flexibility index (Phi) is 6.09. The first kappa shape index (κ1) is 22.1. The average Bonchev–Trinajstić information content (AvgIpc) is 3.20. The maximum absolute atomic E-state index is 13.6. The Morgan fingerprint density at radius 2 is 1.69 bits per heavy atom. The van der Waals surface area contributed by atoms with Crippen molar-refractivity contribution in [3.63, 3.8) is 0 Å². The molecule has 1 aromatic carbocycles. The maximum Gasteiger partial charge on any atom is 0.340 e. The number of aryl methyl sites for hydroxylation is 2. The summed E-state index contributed by atoms with van der Waals surface area (Å²) in [5.74, 6) is -0.539. The normalized spacial score (nSPS) is 18.7. The summed E-state index contributed by atoms with van der Waals surface area (Å²) in [7, 11) is 1.37. The summed E-state index contributed by atoms with van der Waals surface area (Å²) in [6.45, 7) is 8.05. The van der Waals surface area contributed by atoms with E-state index in [1.807, 2.05) is 24.8 Å². The minimum Gasteiger partial charge on any atom is -0.465 e. The first-order valence-corrected chi connectivity index (χ1v) is 11.4. The molecule has 1 aliphatic carbocycles. The number of nitrogens with zero attached hydrogens (tertiary/aromatic N) is 2. The average molecular weight is 433 g/mol. The molecule has 1 aromatic heterocycles. The number of hydrogen-bond donors (Lipinski definition) is 0. The maximum atomic E-state index is 13.6. The number of carbonyl (C=O) groups is 2. The number of carbonyl (C=O) groups excluding carboxylic acids is 2. The summed E-state index contributed by atoms with van der Waals surface area (Å²) in [6, 6.07) is 10.6. The van der Waals surface area contributed by atoms with Gasteiger partial charge in [-0.2, -0.15) is 0 Å². The van der Waals surface area contributed by atoms with Crippen LogP contribution in [0.2, 0.25) is 0 Å². The van der Waals surface area contributed by atoms with Crippen molar-refractivity contribution in [2.75, 3.05) is 7.11 Å². The molecule has 0 saturated heterocycles. The van der Waals surface area contributed by atoms with Gasteiger partial charge in [0.15, 0.2) is 0 Å². The van der Waals surface area contributed by atoms with Crippen LogP contribution in [-0.4, -0.2) is 34.5 Å². The topological polar surface area (TPSA) is 51.5 Å². The summed E-state index contributed by atoms with van der Waals surface area (Å²) in [5.41, 5.74) is 6.88. The molecule has 1 aliphatic heterocycles. The van der Waals surface area contributed by atoms with Crippen molar-refractivity contribution in [1.82, 2.24) is 9.47 Å². The molecule has 5 nitrogen and oxygen atoms in total. The molecule has 1 saturated carbocycles. The van der Waals surface area contributed by atoms with Gasteiger partial charge in [0.25, 0.3) is 5.91 Å². The van der Waals surface area contributed by atoms with Crippen LogP contribution in [0.5, 0.6) is 0 Å². The van der Waals surface area contributed by atoms with E-state index in [4.69, 9.17) is 4.74 Å². The molecule has 0 bridgehead atoms. The first-order chi connectivity index (χ1) is 15.3. The number of aromatic nitrogens is 1. The van der Waals surface area contributed by atoms with E-state index in [0.29, 0.717) is 16.8 Å². The van der Waals surface area contributed by atoms with E-state index >= 15 is 0 Å². The van der Waals surface area contributed by atoms with Crippen LogP contribution in [0.3, 0.4) is 0 Å². The number of hydrogen-bond acceptors (Lipinski definition) is 3. The molecule has 0 radical (unpaired) electrons. The number of allylic oxidation sites excluding steroid dienone is 1. The molecule has 5 heteroatoms. The van der Waals surface area contributed by atoms with Gasteiger partial charge in [-0.25, -0.2) is 4.79 Å². The second-order valence-corrected chi connectivity index (χ2v) is 8.97. The highest BCUT2D eigenvalue weighted by atomic mass is 16.5. The van der Waals surface area contributed by atoms with Gasteiger partial charge >= 0.3 is 5.97 Å². The van der Waals surface area contributed by atoms with Crippen molar-refractivity contribution in [1.29, 1.82) is 0 Å². The highest BCUT2D eigenvalue weighted by Crippen LogP contribution is 2.37. The third-order valence-electron chi connectivity index (χ3n) is 6.83. The fourth-order valence-corrected chi connectivity index (χ4v) is 5.16. The molecule has 0 N–H and O–H groups in total. The number of rotatable bonds is 4. The van der Waals surface area contributed by atoms with E-state index in [1.165, 1.54) is 19.1 Å². The van der Waals surface area contributed by atoms with Crippen LogP contribution in [0.25, 0.3) is 11.8 Å². The number of benzene rings is 1.